The van der Waals surface area contributed by atoms with E-state index in [9.17, 15) is 14.4 Å². The number of aromatic nitrogens is 2. The van der Waals surface area contributed by atoms with E-state index in [0.717, 1.165) is 0 Å². The zero-order valence-corrected chi connectivity index (χ0v) is 12.9. The fourth-order valence-corrected chi connectivity index (χ4v) is 1.77. The molecule has 1 amide bonds. The predicted molar refractivity (Wildman–Crippen MR) is 77.4 cm³/mol. The van der Waals surface area contributed by atoms with Gasteiger partial charge < -0.3 is 15.4 Å². The van der Waals surface area contributed by atoms with Gasteiger partial charge in [0.1, 0.15) is 11.4 Å². The molecule has 0 spiro atoms. The number of nitrogens with one attached hydrogen (secondary N) is 2. The number of aryl methyl sites for hydroxylation is 1. The summed E-state index contributed by atoms with van der Waals surface area (Å²) in [6.07, 6.45) is 0. The Hall–Kier alpha value is -2.18. The second-order valence-corrected chi connectivity index (χ2v) is 5.46. The minimum atomic E-state index is -1.01. The molecule has 1 aromatic heterocycles. The smallest absolute Gasteiger partial charge is 0.308 e. The first-order valence-corrected chi connectivity index (χ1v) is 6.79. The van der Waals surface area contributed by atoms with Crippen molar-refractivity contribution in [1.82, 2.24) is 15.3 Å². The van der Waals surface area contributed by atoms with Gasteiger partial charge >= 0.3 is 5.97 Å². The zero-order chi connectivity index (χ0) is 16.3. The molecule has 7 nitrogen and oxygen atoms in total. The van der Waals surface area contributed by atoms with Crippen molar-refractivity contribution < 1.29 is 14.7 Å². The summed E-state index contributed by atoms with van der Waals surface area (Å²) in [5.41, 5.74) is -0.266. The van der Waals surface area contributed by atoms with Gasteiger partial charge in [0, 0.05) is 12.0 Å². The molecule has 0 saturated carbocycles. The Morgan fingerprint density at radius 1 is 1.24 bits per heavy atom. The van der Waals surface area contributed by atoms with E-state index in [4.69, 9.17) is 5.11 Å². The highest BCUT2D eigenvalue weighted by atomic mass is 16.4. The number of amides is 1. The Bertz CT molecular complexity index is 607. The van der Waals surface area contributed by atoms with Gasteiger partial charge in [0.25, 0.3) is 11.5 Å². The summed E-state index contributed by atoms with van der Waals surface area (Å²) in [6, 6.07) is -0.599. The van der Waals surface area contributed by atoms with Gasteiger partial charge in [-0.2, -0.15) is 0 Å². The fourth-order valence-electron chi connectivity index (χ4n) is 1.77. The van der Waals surface area contributed by atoms with E-state index in [1.807, 2.05) is 13.8 Å². The van der Waals surface area contributed by atoms with E-state index in [1.54, 1.807) is 13.8 Å². The Balaban J connectivity index is 3.04. The highest BCUT2D eigenvalue weighted by Crippen LogP contribution is 2.09. The lowest BCUT2D eigenvalue weighted by atomic mass is 10.0. The molecule has 0 aliphatic heterocycles. The number of carboxylic acid groups (broad SMARTS) is 1. The minimum absolute atomic E-state index is 0.0412. The largest absolute Gasteiger partial charge is 0.481 e. The van der Waals surface area contributed by atoms with Gasteiger partial charge in [-0.15, -0.1) is 0 Å². The molecule has 0 bridgehead atoms. The number of carbonyl (C=O) groups excluding carboxylic acids is 1. The van der Waals surface area contributed by atoms with Crippen LogP contribution in [0, 0.1) is 12.8 Å². The average Bonchev–Trinajstić information content (AvgIpc) is 2.36. The Morgan fingerprint density at radius 3 is 2.24 bits per heavy atom. The summed E-state index contributed by atoms with van der Waals surface area (Å²) >= 11 is 0. The molecule has 0 saturated heterocycles. The number of hydrogen-bond acceptors (Lipinski definition) is 4. The van der Waals surface area contributed by atoms with Crippen molar-refractivity contribution >= 4 is 11.9 Å². The van der Waals surface area contributed by atoms with Crippen molar-refractivity contribution in [3.63, 3.8) is 0 Å². The maximum Gasteiger partial charge on any atom is 0.308 e. The molecular weight excluding hydrogens is 274 g/mol. The van der Waals surface area contributed by atoms with Gasteiger partial charge in [0.2, 0.25) is 0 Å². The first-order chi connectivity index (χ1) is 9.65. The van der Waals surface area contributed by atoms with E-state index in [1.165, 1.54) is 6.92 Å². The first kappa shape index (κ1) is 16.9. The Kier molecular flexibility index (Phi) is 5.23. The van der Waals surface area contributed by atoms with E-state index in [0.29, 0.717) is 11.5 Å². The molecule has 0 fully saturated rings. The number of aliphatic carboxylic acids is 1. The van der Waals surface area contributed by atoms with Crippen LogP contribution in [0.5, 0.6) is 0 Å². The van der Waals surface area contributed by atoms with Crippen LogP contribution in [0.4, 0.5) is 0 Å². The average molecular weight is 295 g/mol. The summed E-state index contributed by atoms with van der Waals surface area (Å²) in [5.74, 6) is -1.82. The molecular formula is C14H21N3O4. The lowest BCUT2D eigenvalue weighted by Gasteiger charge is -2.18. The molecule has 1 rings (SSSR count). The molecule has 1 heterocycles. The molecule has 0 aromatic carbocycles. The molecule has 1 aromatic rings. The molecule has 0 radical (unpaired) electrons. The first-order valence-electron chi connectivity index (χ1n) is 6.79. The number of carboxylic acids is 1. The lowest BCUT2D eigenvalue weighted by molar-refractivity contribution is -0.141. The lowest BCUT2D eigenvalue weighted by Crippen LogP contribution is -2.42. The number of hydrogen-bond donors (Lipinski definition) is 3. The third-order valence-electron chi connectivity index (χ3n) is 3.39. The van der Waals surface area contributed by atoms with Crippen LogP contribution in [0.1, 0.15) is 55.5 Å². The maximum absolute atomic E-state index is 12.1. The van der Waals surface area contributed by atoms with Crippen LogP contribution in [-0.4, -0.2) is 33.0 Å². The number of nitrogens with zero attached hydrogens (tertiary/aromatic N) is 1. The summed E-state index contributed by atoms with van der Waals surface area (Å²) in [4.78, 5) is 41.8. The van der Waals surface area contributed by atoms with Crippen molar-refractivity contribution in [2.24, 2.45) is 5.92 Å². The standard InChI is InChI=1S/C14H21N3O4/c1-6(2)11-15-9(5)10(13(19)17-11)12(18)16-8(4)7(3)14(20)21/h6-8H,1-5H3,(H,16,18)(H,20,21)(H,15,17,19). The Morgan fingerprint density at radius 2 is 1.81 bits per heavy atom. The van der Waals surface area contributed by atoms with E-state index >= 15 is 0 Å². The van der Waals surface area contributed by atoms with Gasteiger partial charge in [-0.05, 0) is 20.8 Å². The molecule has 116 valence electrons. The van der Waals surface area contributed by atoms with Crippen LogP contribution >= 0.6 is 0 Å². The predicted octanol–water partition coefficient (Wildman–Crippen LogP) is 1.04. The topological polar surface area (TPSA) is 112 Å². The molecule has 3 N–H and O–H groups in total. The third kappa shape index (κ3) is 3.90. The maximum atomic E-state index is 12.1. The van der Waals surface area contributed by atoms with Crippen molar-refractivity contribution in [1.29, 1.82) is 0 Å². The monoisotopic (exact) mass is 295 g/mol. The SMILES string of the molecule is Cc1nc(C(C)C)[nH]c(=O)c1C(=O)NC(C)C(C)C(=O)O. The van der Waals surface area contributed by atoms with E-state index in [-0.39, 0.29) is 11.5 Å². The molecule has 2 atom stereocenters. The minimum Gasteiger partial charge on any atom is -0.481 e. The van der Waals surface area contributed by atoms with Crippen LogP contribution in [0.3, 0.4) is 0 Å². The van der Waals surface area contributed by atoms with Crippen molar-refractivity contribution in [3.05, 3.63) is 27.4 Å². The van der Waals surface area contributed by atoms with Gasteiger partial charge in [-0.25, -0.2) is 4.98 Å². The number of H-pyrrole nitrogens is 1. The second kappa shape index (κ2) is 6.51. The summed E-state index contributed by atoms with van der Waals surface area (Å²) in [7, 11) is 0. The molecule has 2 unspecified atom stereocenters. The van der Waals surface area contributed by atoms with Crippen LogP contribution < -0.4 is 10.9 Å². The number of carbonyl (C=O) groups is 2. The Labute approximate surface area is 122 Å². The molecule has 0 aliphatic carbocycles. The molecule has 7 heteroatoms. The van der Waals surface area contributed by atoms with Gasteiger partial charge in [0.05, 0.1) is 11.6 Å². The van der Waals surface area contributed by atoms with Crippen molar-refractivity contribution in [3.8, 4) is 0 Å². The summed E-state index contributed by atoms with van der Waals surface area (Å²) < 4.78 is 0. The second-order valence-electron chi connectivity index (χ2n) is 5.46. The van der Waals surface area contributed by atoms with Crippen LogP contribution in [0.25, 0.3) is 0 Å². The van der Waals surface area contributed by atoms with Gasteiger partial charge in [0.15, 0.2) is 0 Å². The van der Waals surface area contributed by atoms with Crippen molar-refractivity contribution in [2.75, 3.05) is 0 Å². The van der Waals surface area contributed by atoms with Crippen LogP contribution in [0.2, 0.25) is 0 Å². The third-order valence-corrected chi connectivity index (χ3v) is 3.39. The zero-order valence-electron chi connectivity index (χ0n) is 12.9. The number of rotatable bonds is 5. The number of aromatic amines is 1. The van der Waals surface area contributed by atoms with E-state index in [2.05, 4.69) is 15.3 Å². The quantitative estimate of drug-likeness (QED) is 0.751. The molecule has 21 heavy (non-hydrogen) atoms. The summed E-state index contributed by atoms with van der Waals surface area (Å²) in [5, 5.41) is 11.4. The van der Waals surface area contributed by atoms with Gasteiger partial charge in [-0.1, -0.05) is 13.8 Å². The highest BCUT2D eigenvalue weighted by Gasteiger charge is 2.24. The summed E-state index contributed by atoms with van der Waals surface area (Å²) in [6.45, 7) is 8.42. The van der Waals surface area contributed by atoms with Crippen LogP contribution in [0.15, 0.2) is 4.79 Å². The van der Waals surface area contributed by atoms with E-state index < -0.39 is 29.4 Å². The highest BCUT2D eigenvalue weighted by molar-refractivity contribution is 5.95. The normalized spacial score (nSPS) is 13.8. The molecule has 0 aliphatic rings. The van der Waals surface area contributed by atoms with Crippen LogP contribution in [-0.2, 0) is 4.79 Å². The van der Waals surface area contributed by atoms with Gasteiger partial charge in [-0.3, -0.25) is 14.4 Å². The van der Waals surface area contributed by atoms with Crippen molar-refractivity contribution in [2.45, 2.75) is 46.6 Å². The fraction of sp³-hybridized carbons (Fsp3) is 0.571.